The van der Waals surface area contributed by atoms with Crippen LogP contribution < -0.4 is 10.1 Å². The summed E-state index contributed by atoms with van der Waals surface area (Å²) in [5, 5.41) is 2.78. The smallest absolute Gasteiger partial charge is 0.316 e. The van der Waals surface area contributed by atoms with Crippen LogP contribution in [0.2, 0.25) is 0 Å². The Balaban J connectivity index is 2.40. The average Bonchev–Trinajstić information content (AvgIpc) is 2.29. The Hall–Kier alpha value is -1.65. The molecule has 5 nitrogen and oxygen atoms in total. The van der Waals surface area contributed by atoms with Gasteiger partial charge in [-0.15, -0.1) is 0 Å². The summed E-state index contributed by atoms with van der Waals surface area (Å²) in [6, 6.07) is 2.16. The highest BCUT2D eigenvalue weighted by atomic mass is 16.5. The van der Waals surface area contributed by atoms with Crippen LogP contribution in [0.3, 0.4) is 0 Å². The molecule has 0 aliphatic carbocycles. The number of carbonyl (C=O) groups is 1. The number of amides is 1. The third-order valence-corrected chi connectivity index (χ3v) is 1.90. The molecule has 0 saturated heterocycles. The van der Waals surface area contributed by atoms with Crippen LogP contribution in [-0.2, 0) is 11.2 Å². The Kier molecular flexibility index (Phi) is 4.53. The van der Waals surface area contributed by atoms with Gasteiger partial charge in [0.1, 0.15) is 0 Å². The van der Waals surface area contributed by atoms with Crippen molar-refractivity contribution in [3.05, 3.63) is 18.0 Å². The van der Waals surface area contributed by atoms with Gasteiger partial charge in [-0.2, -0.15) is 0 Å². The molecule has 1 aromatic heterocycles. The summed E-state index contributed by atoms with van der Waals surface area (Å²) >= 11 is 0. The molecule has 0 saturated carbocycles. The van der Waals surface area contributed by atoms with Crippen molar-refractivity contribution in [3.8, 4) is 6.01 Å². The van der Waals surface area contributed by atoms with Crippen LogP contribution in [0.1, 0.15) is 19.0 Å². The number of aromatic nitrogens is 2. The molecule has 15 heavy (non-hydrogen) atoms. The maximum atomic E-state index is 11.0. The summed E-state index contributed by atoms with van der Waals surface area (Å²) in [7, 11) is 1.53. The zero-order chi connectivity index (χ0) is 11.1. The normalized spacial score (nSPS) is 9.73. The first-order chi connectivity index (χ1) is 7.26. The van der Waals surface area contributed by atoms with E-state index in [-0.39, 0.29) is 5.91 Å². The summed E-state index contributed by atoms with van der Waals surface area (Å²) in [5.74, 6) is 0.0519. The molecule has 0 spiro atoms. The molecule has 1 heterocycles. The van der Waals surface area contributed by atoms with E-state index in [0.29, 0.717) is 25.4 Å². The second kappa shape index (κ2) is 5.95. The minimum atomic E-state index is 0.0519. The lowest BCUT2D eigenvalue weighted by Crippen LogP contribution is -2.24. The van der Waals surface area contributed by atoms with Crippen LogP contribution in [0.15, 0.2) is 12.3 Å². The van der Waals surface area contributed by atoms with Gasteiger partial charge in [0.25, 0.3) is 0 Å². The molecule has 0 fully saturated rings. The monoisotopic (exact) mass is 209 g/mol. The second-order valence-corrected chi connectivity index (χ2v) is 2.99. The van der Waals surface area contributed by atoms with E-state index < -0.39 is 0 Å². The van der Waals surface area contributed by atoms with Gasteiger partial charge < -0.3 is 10.1 Å². The molecule has 1 aromatic rings. The van der Waals surface area contributed by atoms with Crippen molar-refractivity contribution < 1.29 is 9.53 Å². The molecule has 0 bridgehead atoms. The Morgan fingerprint density at radius 3 is 3.07 bits per heavy atom. The Bertz CT molecular complexity index is 328. The highest BCUT2D eigenvalue weighted by Crippen LogP contribution is 2.01. The zero-order valence-corrected chi connectivity index (χ0v) is 8.99. The number of nitrogens with zero attached hydrogens (tertiary/aromatic N) is 2. The molecule has 82 valence electrons. The second-order valence-electron chi connectivity index (χ2n) is 2.99. The van der Waals surface area contributed by atoms with Crippen molar-refractivity contribution in [2.24, 2.45) is 0 Å². The third-order valence-electron chi connectivity index (χ3n) is 1.90. The lowest BCUT2D eigenvalue weighted by atomic mass is 10.3. The zero-order valence-electron chi connectivity index (χ0n) is 8.99. The molecule has 5 heteroatoms. The molecule has 0 atom stereocenters. The van der Waals surface area contributed by atoms with E-state index in [1.807, 2.05) is 6.92 Å². The molecular formula is C10H15N3O2. The molecule has 1 amide bonds. The number of methoxy groups -OCH3 is 1. The van der Waals surface area contributed by atoms with Crippen LogP contribution in [-0.4, -0.2) is 29.5 Å². The number of hydrogen-bond donors (Lipinski definition) is 1. The standard InChI is InChI=1S/C10H15N3O2/c1-3-9(14)11-6-4-8-5-7-12-10(13-8)15-2/h5,7H,3-4,6H2,1-2H3,(H,11,14). The SMILES string of the molecule is CCC(=O)NCCc1ccnc(OC)n1. The number of hydrogen-bond acceptors (Lipinski definition) is 4. The predicted molar refractivity (Wildman–Crippen MR) is 55.6 cm³/mol. The Morgan fingerprint density at radius 2 is 2.40 bits per heavy atom. The van der Waals surface area contributed by atoms with Gasteiger partial charge in [-0.1, -0.05) is 6.92 Å². The van der Waals surface area contributed by atoms with E-state index in [0.717, 1.165) is 5.69 Å². The van der Waals surface area contributed by atoms with E-state index in [4.69, 9.17) is 4.74 Å². The first-order valence-electron chi connectivity index (χ1n) is 4.89. The van der Waals surface area contributed by atoms with Gasteiger partial charge in [0, 0.05) is 31.3 Å². The fourth-order valence-electron chi connectivity index (χ4n) is 1.07. The largest absolute Gasteiger partial charge is 0.467 e. The maximum Gasteiger partial charge on any atom is 0.316 e. The number of nitrogens with one attached hydrogen (secondary N) is 1. The summed E-state index contributed by atoms with van der Waals surface area (Å²) in [6.45, 7) is 2.41. The minimum absolute atomic E-state index is 0.0519. The van der Waals surface area contributed by atoms with Gasteiger partial charge in [-0.05, 0) is 6.07 Å². The molecule has 1 rings (SSSR count). The van der Waals surface area contributed by atoms with Crippen LogP contribution in [0.4, 0.5) is 0 Å². The van der Waals surface area contributed by atoms with Gasteiger partial charge in [0.2, 0.25) is 5.91 Å². The van der Waals surface area contributed by atoms with Gasteiger partial charge >= 0.3 is 6.01 Å². The highest BCUT2D eigenvalue weighted by molar-refractivity contribution is 5.75. The van der Waals surface area contributed by atoms with Crippen molar-refractivity contribution >= 4 is 5.91 Å². The fourth-order valence-corrected chi connectivity index (χ4v) is 1.07. The molecular weight excluding hydrogens is 194 g/mol. The molecule has 0 aliphatic rings. The summed E-state index contributed by atoms with van der Waals surface area (Å²) in [4.78, 5) is 19.0. The van der Waals surface area contributed by atoms with Gasteiger partial charge in [0.05, 0.1) is 7.11 Å². The van der Waals surface area contributed by atoms with Gasteiger partial charge in [0.15, 0.2) is 0 Å². The van der Waals surface area contributed by atoms with Crippen LogP contribution >= 0.6 is 0 Å². The molecule has 0 unspecified atom stereocenters. The van der Waals surface area contributed by atoms with E-state index in [9.17, 15) is 4.79 Å². The predicted octanol–water partition coefficient (Wildman–Crippen LogP) is 0.554. The quantitative estimate of drug-likeness (QED) is 0.769. The first kappa shape index (κ1) is 11.4. The number of carbonyl (C=O) groups excluding carboxylic acids is 1. The highest BCUT2D eigenvalue weighted by Gasteiger charge is 2.00. The molecule has 0 radical (unpaired) electrons. The van der Waals surface area contributed by atoms with E-state index in [1.165, 1.54) is 7.11 Å². The summed E-state index contributed by atoms with van der Waals surface area (Å²) < 4.78 is 4.89. The van der Waals surface area contributed by atoms with Gasteiger partial charge in [-0.25, -0.2) is 9.97 Å². The number of ether oxygens (including phenoxy) is 1. The van der Waals surface area contributed by atoms with E-state index in [1.54, 1.807) is 12.3 Å². The summed E-state index contributed by atoms with van der Waals surface area (Å²) in [5.41, 5.74) is 0.859. The minimum Gasteiger partial charge on any atom is -0.467 e. The van der Waals surface area contributed by atoms with Gasteiger partial charge in [-0.3, -0.25) is 4.79 Å². The van der Waals surface area contributed by atoms with Crippen molar-refractivity contribution in [2.75, 3.05) is 13.7 Å². The lowest BCUT2D eigenvalue weighted by molar-refractivity contribution is -0.120. The van der Waals surface area contributed by atoms with Crippen molar-refractivity contribution in [2.45, 2.75) is 19.8 Å². The topological polar surface area (TPSA) is 64.1 Å². The van der Waals surface area contributed by atoms with E-state index in [2.05, 4.69) is 15.3 Å². The maximum absolute atomic E-state index is 11.0. The van der Waals surface area contributed by atoms with Crippen molar-refractivity contribution in [1.29, 1.82) is 0 Å². The molecule has 0 aromatic carbocycles. The lowest BCUT2D eigenvalue weighted by Gasteiger charge is -2.03. The Morgan fingerprint density at radius 1 is 1.60 bits per heavy atom. The van der Waals surface area contributed by atoms with E-state index >= 15 is 0 Å². The average molecular weight is 209 g/mol. The van der Waals surface area contributed by atoms with Crippen molar-refractivity contribution in [3.63, 3.8) is 0 Å². The first-order valence-corrected chi connectivity index (χ1v) is 4.89. The fraction of sp³-hybridized carbons (Fsp3) is 0.500. The van der Waals surface area contributed by atoms with Crippen molar-refractivity contribution in [1.82, 2.24) is 15.3 Å². The molecule has 1 N–H and O–H groups in total. The summed E-state index contributed by atoms with van der Waals surface area (Å²) in [6.07, 6.45) is 2.83. The van der Waals surface area contributed by atoms with Crippen LogP contribution in [0.25, 0.3) is 0 Å². The molecule has 0 aliphatic heterocycles. The number of rotatable bonds is 5. The van der Waals surface area contributed by atoms with Crippen LogP contribution in [0.5, 0.6) is 6.01 Å². The van der Waals surface area contributed by atoms with Crippen LogP contribution in [0, 0.1) is 0 Å². The Labute approximate surface area is 88.9 Å². The third kappa shape index (κ3) is 3.93.